The van der Waals surface area contributed by atoms with Gasteiger partial charge in [0.25, 0.3) is 0 Å². The van der Waals surface area contributed by atoms with Crippen LogP contribution in [0.1, 0.15) is 31.2 Å². The molecule has 2 unspecified atom stereocenters. The molecule has 20 heavy (non-hydrogen) atoms. The summed E-state index contributed by atoms with van der Waals surface area (Å²) in [4.78, 5) is 26.4. The molecular weight excluding hydrogens is 342 g/mol. The third kappa shape index (κ3) is 2.09. The van der Waals surface area contributed by atoms with Crippen LogP contribution >= 0.6 is 27.5 Å². The van der Waals surface area contributed by atoms with Crippen LogP contribution in [0, 0.1) is 18.8 Å². The Hall–Kier alpha value is -0.870. The van der Waals surface area contributed by atoms with Gasteiger partial charge in [-0.2, -0.15) is 0 Å². The van der Waals surface area contributed by atoms with E-state index in [0.29, 0.717) is 10.7 Å². The van der Waals surface area contributed by atoms with Gasteiger partial charge < -0.3 is 0 Å². The monoisotopic (exact) mass is 355 g/mol. The second kappa shape index (κ2) is 5.15. The van der Waals surface area contributed by atoms with E-state index in [1.165, 1.54) is 4.90 Å². The van der Waals surface area contributed by atoms with E-state index in [4.69, 9.17) is 11.6 Å². The van der Waals surface area contributed by atoms with Crippen molar-refractivity contribution in [3.63, 3.8) is 0 Å². The van der Waals surface area contributed by atoms with Crippen LogP contribution in [0.15, 0.2) is 16.6 Å². The van der Waals surface area contributed by atoms with E-state index in [1.54, 1.807) is 6.07 Å². The number of fused-ring (bicyclic) bond motifs is 1. The van der Waals surface area contributed by atoms with E-state index < -0.39 is 0 Å². The van der Waals surface area contributed by atoms with Gasteiger partial charge in [0, 0.05) is 9.50 Å². The van der Waals surface area contributed by atoms with Crippen molar-refractivity contribution < 1.29 is 9.59 Å². The van der Waals surface area contributed by atoms with Crippen LogP contribution in [-0.2, 0) is 9.59 Å². The second-order valence-corrected chi connectivity index (χ2v) is 6.82. The average molecular weight is 357 g/mol. The quantitative estimate of drug-likeness (QED) is 0.711. The number of amides is 2. The zero-order valence-corrected chi connectivity index (χ0v) is 13.5. The lowest BCUT2D eigenvalue weighted by atomic mass is 9.81. The Morgan fingerprint density at radius 1 is 1.15 bits per heavy atom. The molecule has 5 heteroatoms. The number of benzene rings is 1. The lowest BCUT2D eigenvalue weighted by Crippen LogP contribution is -2.31. The topological polar surface area (TPSA) is 37.4 Å². The van der Waals surface area contributed by atoms with Crippen molar-refractivity contribution in [1.29, 1.82) is 0 Å². The van der Waals surface area contributed by atoms with Crippen LogP contribution in [0.4, 0.5) is 5.69 Å². The molecule has 2 atom stereocenters. The molecule has 1 saturated heterocycles. The Morgan fingerprint density at radius 2 is 1.70 bits per heavy atom. The molecule has 106 valence electrons. The summed E-state index contributed by atoms with van der Waals surface area (Å²) >= 11 is 9.58. The number of anilines is 1. The molecule has 2 fully saturated rings. The lowest BCUT2D eigenvalue weighted by molar-refractivity contribution is -0.122. The number of hydrogen-bond donors (Lipinski definition) is 0. The molecule has 1 aromatic carbocycles. The molecule has 1 aliphatic carbocycles. The molecule has 3 nitrogen and oxygen atoms in total. The maximum Gasteiger partial charge on any atom is 0.237 e. The first-order valence-electron chi connectivity index (χ1n) is 6.84. The highest BCUT2D eigenvalue weighted by Gasteiger charge is 2.49. The third-order valence-electron chi connectivity index (χ3n) is 4.31. The molecular formula is C15H15BrClNO2. The van der Waals surface area contributed by atoms with Gasteiger partial charge in [-0.3, -0.25) is 9.59 Å². The zero-order valence-electron chi connectivity index (χ0n) is 11.2. The molecule has 0 radical (unpaired) electrons. The maximum atomic E-state index is 12.5. The molecule has 1 aromatic rings. The second-order valence-electron chi connectivity index (χ2n) is 5.56. The fourth-order valence-electron chi connectivity index (χ4n) is 3.21. The number of carbonyl (C=O) groups excluding carboxylic acids is 2. The van der Waals surface area contributed by atoms with Crippen LogP contribution in [0.2, 0.25) is 5.02 Å². The Morgan fingerprint density at radius 3 is 2.25 bits per heavy atom. The Labute approximate surface area is 131 Å². The number of halogens is 2. The van der Waals surface area contributed by atoms with Crippen molar-refractivity contribution >= 4 is 45.0 Å². The predicted molar refractivity (Wildman–Crippen MR) is 81.8 cm³/mol. The summed E-state index contributed by atoms with van der Waals surface area (Å²) in [7, 11) is 0. The first kappa shape index (κ1) is 14.1. The van der Waals surface area contributed by atoms with E-state index in [-0.39, 0.29) is 23.7 Å². The average Bonchev–Trinajstić information content (AvgIpc) is 2.68. The summed E-state index contributed by atoms with van der Waals surface area (Å²) in [5.74, 6) is -0.410. The molecule has 1 aliphatic heterocycles. The summed E-state index contributed by atoms with van der Waals surface area (Å²) in [5.41, 5.74) is 1.49. The van der Waals surface area contributed by atoms with E-state index in [0.717, 1.165) is 35.7 Å². The first-order valence-corrected chi connectivity index (χ1v) is 8.01. The molecule has 0 bridgehead atoms. The summed E-state index contributed by atoms with van der Waals surface area (Å²) in [6.45, 7) is 1.89. The van der Waals surface area contributed by atoms with E-state index in [9.17, 15) is 9.59 Å². The molecule has 1 saturated carbocycles. The van der Waals surface area contributed by atoms with Crippen molar-refractivity contribution in [2.45, 2.75) is 32.6 Å². The summed E-state index contributed by atoms with van der Waals surface area (Å²) in [5, 5.41) is 0.568. The SMILES string of the molecule is Cc1cc(Br)c(N2C(=O)C3CCCCC3C2=O)cc1Cl. The normalized spacial score (nSPS) is 26.1. The number of rotatable bonds is 1. The van der Waals surface area contributed by atoms with Crippen molar-refractivity contribution in [2.75, 3.05) is 4.90 Å². The van der Waals surface area contributed by atoms with E-state index in [1.807, 2.05) is 13.0 Å². The maximum absolute atomic E-state index is 12.5. The molecule has 0 aromatic heterocycles. The molecule has 2 amide bonds. The fraction of sp³-hybridized carbons (Fsp3) is 0.467. The van der Waals surface area contributed by atoms with Gasteiger partial charge >= 0.3 is 0 Å². The largest absolute Gasteiger partial charge is 0.274 e. The van der Waals surface area contributed by atoms with Gasteiger partial charge in [-0.05, 0) is 53.4 Å². The van der Waals surface area contributed by atoms with Gasteiger partial charge in [0.15, 0.2) is 0 Å². The molecule has 2 aliphatic rings. The van der Waals surface area contributed by atoms with Gasteiger partial charge in [-0.25, -0.2) is 4.90 Å². The summed E-state index contributed by atoms with van der Waals surface area (Å²) < 4.78 is 0.736. The van der Waals surface area contributed by atoms with Crippen LogP contribution in [0.3, 0.4) is 0 Å². The fourth-order valence-corrected chi connectivity index (χ4v) is 4.00. The highest BCUT2D eigenvalue weighted by molar-refractivity contribution is 9.10. The standard InChI is InChI=1S/C15H15BrClNO2/c1-8-6-11(16)13(7-12(8)17)18-14(19)9-4-2-3-5-10(9)15(18)20/h6-7,9-10H,2-5H2,1H3. The number of hydrogen-bond acceptors (Lipinski definition) is 2. The highest BCUT2D eigenvalue weighted by atomic mass is 79.9. The van der Waals surface area contributed by atoms with Gasteiger partial charge in [0.2, 0.25) is 11.8 Å². The van der Waals surface area contributed by atoms with Crippen molar-refractivity contribution in [3.8, 4) is 0 Å². The van der Waals surface area contributed by atoms with Gasteiger partial charge in [0.05, 0.1) is 17.5 Å². The Balaban J connectivity index is 2.04. The summed E-state index contributed by atoms with van der Waals surface area (Å²) in [6.07, 6.45) is 3.71. The van der Waals surface area contributed by atoms with E-state index >= 15 is 0 Å². The molecule has 0 N–H and O–H groups in total. The lowest BCUT2D eigenvalue weighted by Gasteiger charge is -2.19. The van der Waals surface area contributed by atoms with Crippen LogP contribution in [0.5, 0.6) is 0 Å². The Kier molecular flexibility index (Phi) is 3.63. The van der Waals surface area contributed by atoms with Crippen LogP contribution < -0.4 is 4.90 Å². The van der Waals surface area contributed by atoms with E-state index in [2.05, 4.69) is 15.9 Å². The third-order valence-corrected chi connectivity index (χ3v) is 5.35. The predicted octanol–water partition coefficient (Wildman–Crippen LogP) is 4.09. The first-order chi connectivity index (χ1) is 9.50. The minimum atomic E-state index is -0.136. The number of imide groups is 1. The molecule has 1 heterocycles. The van der Waals surface area contributed by atoms with Gasteiger partial charge in [0.1, 0.15) is 0 Å². The Bertz CT molecular complexity index is 578. The number of carbonyl (C=O) groups is 2. The van der Waals surface area contributed by atoms with Gasteiger partial charge in [-0.15, -0.1) is 0 Å². The summed E-state index contributed by atoms with van der Waals surface area (Å²) in [6, 6.07) is 3.55. The van der Waals surface area contributed by atoms with Crippen molar-refractivity contribution in [3.05, 3.63) is 27.2 Å². The zero-order chi connectivity index (χ0) is 14.4. The smallest absolute Gasteiger partial charge is 0.237 e. The van der Waals surface area contributed by atoms with Gasteiger partial charge in [-0.1, -0.05) is 24.4 Å². The van der Waals surface area contributed by atoms with Crippen molar-refractivity contribution in [1.82, 2.24) is 0 Å². The highest BCUT2D eigenvalue weighted by Crippen LogP contribution is 2.42. The van der Waals surface area contributed by atoms with Crippen molar-refractivity contribution in [2.24, 2.45) is 11.8 Å². The minimum absolute atomic E-state index is 0.0691. The van der Waals surface area contributed by atoms with Crippen LogP contribution in [-0.4, -0.2) is 11.8 Å². The molecule has 3 rings (SSSR count). The minimum Gasteiger partial charge on any atom is -0.274 e. The number of aryl methyl sites for hydroxylation is 1. The van der Waals surface area contributed by atoms with Crippen LogP contribution in [0.25, 0.3) is 0 Å². The number of nitrogens with zero attached hydrogens (tertiary/aromatic N) is 1. The molecule has 0 spiro atoms.